The Hall–Kier alpha value is 0.340. The van der Waals surface area contributed by atoms with E-state index in [0.717, 1.165) is 0 Å². The van der Waals surface area contributed by atoms with Gasteiger partial charge in [0.05, 0.1) is 25.0 Å². The predicted molar refractivity (Wildman–Crippen MR) is 62.7 cm³/mol. The summed E-state index contributed by atoms with van der Waals surface area (Å²) in [5, 5.41) is 19.7. The minimum atomic E-state index is -0.891. The van der Waals surface area contributed by atoms with Crippen LogP contribution < -0.4 is 0 Å². The summed E-state index contributed by atoms with van der Waals surface area (Å²) in [4.78, 5) is 0. The van der Waals surface area contributed by atoms with E-state index in [0.29, 0.717) is 0 Å². The zero-order valence-corrected chi connectivity index (χ0v) is 11.1. The molecule has 2 aliphatic rings. The van der Waals surface area contributed by atoms with E-state index in [-0.39, 0.29) is 25.0 Å². The zero-order chi connectivity index (χ0) is 13.1. The quantitative estimate of drug-likeness (QED) is 0.695. The normalized spacial score (nSPS) is 46.0. The molecule has 2 fully saturated rings. The molecule has 6 atom stereocenters. The number of aliphatic hydroxyl groups excluding tert-OH is 2. The first-order valence-corrected chi connectivity index (χ1v) is 6.74. The number of ether oxygens (including phenoxy) is 4. The van der Waals surface area contributed by atoms with Gasteiger partial charge in [0.25, 0.3) is 0 Å². The highest BCUT2D eigenvalue weighted by Crippen LogP contribution is 2.25. The molecular weight excluding hydrogens is 287 g/mol. The second-order valence-corrected chi connectivity index (χ2v) is 4.79. The van der Waals surface area contributed by atoms with E-state index in [9.17, 15) is 10.2 Å². The fourth-order valence-corrected chi connectivity index (χ4v) is 2.29. The molecule has 2 saturated heterocycles. The summed E-state index contributed by atoms with van der Waals surface area (Å²) in [6.45, 7) is 0.169. The van der Waals surface area contributed by atoms with Gasteiger partial charge in [0.1, 0.15) is 24.4 Å². The zero-order valence-electron chi connectivity index (χ0n) is 9.58. The van der Waals surface area contributed by atoms with Crippen LogP contribution in [0.15, 0.2) is 0 Å². The van der Waals surface area contributed by atoms with Gasteiger partial charge in [-0.3, -0.25) is 0 Å². The second kappa shape index (κ2) is 6.67. The summed E-state index contributed by atoms with van der Waals surface area (Å²) in [7, 11) is 0. The summed E-state index contributed by atoms with van der Waals surface area (Å²) >= 11 is 11.3. The van der Waals surface area contributed by atoms with Crippen molar-refractivity contribution in [1.29, 1.82) is 0 Å². The highest BCUT2D eigenvalue weighted by molar-refractivity contribution is 6.18. The van der Waals surface area contributed by atoms with Gasteiger partial charge in [0.15, 0.2) is 12.6 Å². The lowest BCUT2D eigenvalue weighted by Gasteiger charge is -2.42. The van der Waals surface area contributed by atoms with Crippen LogP contribution in [0, 0.1) is 0 Å². The van der Waals surface area contributed by atoms with Crippen LogP contribution >= 0.6 is 23.2 Å². The highest BCUT2D eigenvalue weighted by atomic mass is 35.5. The maximum atomic E-state index is 9.85. The molecule has 8 heteroatoms. The van der Waals surface area contributed by atoms with Crippen LogP contribution in [0.5, 0.6) is 0 Å². The van der Waals surface area contributed by atoms with E-state index >= 15 is 0 Å². The summed E-state index contributed by atoms with van der Waals surface area (Å²) in [5.74, 6) is 0.281. The molecule has 2 heterocycles. The Morgan fingerprint density at radius 1 is 0.833 bits per heavy atom. The van der Waals surface area contributed by atoms with Crippen LogP contribution in [-0.4, -0.2) is 72.2 Å². The third-order valence-corrected chi connectivity index (χ3v) is 3.36. The van der Waals surface area contributed by atoms with Crippen molar-refractivity contribution in [3.63, 3.8) is 0 Å². The van der Waals surface area contributed by atoms with Gasteiger partial charge < -0.3 is 29.2 Å². The summed E-state index contributed by atoms with van der Waals surface area (Å²) in [6.07, 6.45) is -4.45. The molecule has 18 heavy (non-hydrogen) atoms. The standard InChI is InChI=1S/C10H16Cl2O6/c11-1-7-15-3-5(13)9(17-7)10-6(14)4-16-8(2-12)18-10/h5-10,13-14H,1-4H2/t5-,6+,7?,8?,9+,10-. The maximum absolute atomic E-state index is 9.85. The Balaban J connectivity index is 2.02. The number of hydrogen-bond acceptors (Lipinski definition) is 6. The molecule has 106 valence electrons. The molecule has 0 amide bonds. The Bertz CT molecular complexity index is 243. The van der Waals surface area contributed by atoms with Gasteiger partial charge in [-0.25, -0.2) is 0 Å². The largest absolute Gasteiger partial charge is 0.388 e. The minimum Gasteiger partial charge on any atom is -0.388 e. The molecule has 0 radical (unpaired) electrons. The van der Waals surface area contributed by atoms with Gasteiger partial charge in [0.2, 0.25) is 0 Å². The predicted octanol–water partition coefficient (Wildman–Crippen LogP) is -0.331. The van der Waals surface area contributed by atoms with Crippen LogP contribution in [0.25, 0.3) is 0 Å². The van der Waals surface area contributed by atoms with E-state index in [1.165, 1.54) is 0 Å². The molecule has 6 nitrogen and oxygen atoms in total. The van der Waals surface area contributed by atoms with Crippen LogP contribution in [0.2, 0.25) is 0 Å². The third kappa shape index (κ3) is 3.26. The van der Waals surface area contributed by atoms with Crippen molar-refractivity contribution in [2.45, 2.75) is 37.0 Å². The van der Waals surface area contributed by atoms with Gasteiger partial charge >= 0.3 is 0 Å². The average Bonchev–Trinajstić information content (AvgIpc) is 2.40. The number of aliphatic hydroxyl groups is 2. The molecule has 0 saturated carbocycles. The molecule has 2 rings (SSSR count). The average molecular weight is 303 g/mol. The monoisotopic (exact) mass is 302 g/mol. The molecule has 0 aromatic heterocycles. The van der Waals surface area contributed by atoms with Crippen LogP contribution in [0.4, 0.5) is 0 Å². The molecule has 0 aromatic rings. The molecule has 0 spiro atoms. The molecule has 2 unspecified atom stereocenters. The van der Waals surface area contributed by atoms with Crippen molar-refractivity contribution in [1.82, 2.24) is 0 Å². The van der Waals surface area contributed by atoms with Crippen molar-refractivity contribution in [3.8, 4) is 0 Å². The van der Waals surface area contributed by atoms with E-state index < -0.39 is 37.0 Å². The Labute approximate surface area is 115 Å². The van der Waals surface area contributed by atoms with Gasteiger partial charge in [0, 0.05) is 0 Å². The summed E-state index contributed by atoms with van der Waals surface area (Å²) < 4.78 is 21.2. The Morgan fingerprint density at radius 3 is 1.56 bits per heavy atom. The van der Waals surface area contributed by atoms with Crippen LogP contribution in [0.1, 0.15) is 0 Å². The van der Waals surface area contributed by atoms with Crippen molar-refractivity contribution in [2.75, 3.05) is 25.0 Å². The molecular formula is C10H16Cl2O6. The fraction of sp³-hybridized carbons (Fsp3) is 1.00. The van der Waals surface area contributed by atoms with Crippen molar-refractivity contribution in [2.24, 2.45) is 0 Å². The fourth-order valence-electron chi connectivity index (χ4n) is 1.97. The molecule has 2 aliphatic heterocycles. The molecule has 0 aromatic carbocycles. The van der Waals surface area contributed by atoms with E-state index in [1.54, 1.807) is 0 Å². The first-order chi connectivity index (χ1) is 8.65. The van der Waals surface area contributed by atoms with Gasteiger partial charge in [-0.05, 0) is 0 Å². The molecule has 0 bridgehead atoms. The van der Waals surface area contributed by atoms with Gasteiger partial charge in [-0.15, -0.1) is 23.2 Å². The minimum absolute atomic E-state index is 0.0844. The van der Waals surface area contributed by atoms with Crippen LogP contribution in [-0.2, 0) is 18.9 Å². The Morgan fingerprint density at radius 2 is 1.22 bits per heavy atom. The third-order valence-electron chi connectivity index (χ3n) is 2.86. The number of alkyl halides is 2. The topological polar surface area (TPSA) is 77.4 Å². The number of hydrogen-bond donors (Lipinski definition) is 2. The van der Waals surface area contributed by atoms with Crippen molar-refractivity contribution < 1.29 is 29.2 Å². The van der Waals surface area contributed by atoms with E-state index in [2.05, 4.69) is 0 Å². The SMILES string of the molecule is O[C@@H]1COC(CCl)O[C@@H]1[C@@H]1OC(CCl)OC[C@@H]1O. The van der Waals surface area contributed by atoms with Gasteiger partial charge in [-0.2, -0.15) is 0 Å². The lowest BCUT2D eigenvalue weighted by molar-refractivity contribution is -0.319. The first-order valence-electron chi connectivity index (χ1n) is 5.68. The Kier molecular flexibility index (Phi) is 5.47. The van der Waals surface area contributed by atoms with E-state index in [1.807, 2.05) is 0 Å². The second-order valence-electron chi connectivity index (χ2n) is 4.17. The highest BCUT2D eigenvalue weighted by Gasteiger charge is 2.43. The summed E-state index contributed by atoms with van der Waals surface area (Å²) in [6, 6.07) is 0. The number of rotatable bonds is 3. The maximum Gasteiger partial charge on any atom is 0.171 e. The lowest BCUT2D eigenvalue weighted by Crippen LogP contribution is -2.58. The molecule has 0 aliphatic carbocycles. The van der Waals surface area contributed by atoms with Gasteiger partial charge in [-0.1, -0.05) is 0 Å². The van der Waals surface area contributed by atoms with Crippen LogP contribution in [0.3, 0.4) is 0 Å². The van der Waals surface area contributed by atoms with Crippen molar-refractivity contribution in [3.05, 3.63) is 0 Å². The lowest BCUT2D eigenvalue weighted by atomic mass is 10.0. The van der Waals surface area contributed by atoms with E-state index in [4.69, 9.17) is 42.1 Å². The summed E-state index contributed by atoms with van der Waals surface area (Å²) in [5.41, 5.74) is 0. The number of halogens is 2. The first kappa shape index (κ1) is 14.7. The smallest absolute Gasteiger partial charge is 0.171 e. The molecule has 2 N–H and O–H groups in total. The van der Waals surface area contributed by atoms with Crippen molar-refractivity contribution >= 4 is 23.2 Å².